The van der Waals surface area contributed by atoms with Gasteiger partial charge in [-0.2, -0.15) is 0 Å². The topological polar surface area (TPSA) is 138 Å². The SMILES string of the molecule is CO[C@H]1CN(C)C(=O)c2cc(NC(=O)Nc3ccc(Cl)cc3)ccc2OC[C@H](C)N(C(=O)Nc2c(C)noc2C)C[C@@H]1C. The molecule has 2 aromatic carbocycles. The number of carbonyl (C=O) groups is 3. The number of aryl methyl sites for hydroxylation is 2. The number of methoxy groups -OCH3 is 1. The van der Waals surface area contributed by atoms with Crippen LogP contribution in [0.3, 0.4) is 0 Å². The van der Waals surface area contributed by atoms with E-state index in [0.717, 1.165) is 0 Å². The highest BCUT2D eigenvalue weighted by Gasteiger charge is 2.31. The molecule has 0 saturated carbocycles. The summed E-state index contributed by atoms with van der Waals surface area (Å²) in [6, 6.07) is 10.3. The fourth-order valence-corrected chi connectivity index (χ4v) is 4.93. The third kappa shape index (κ3) is 7.76. The molecule has 2 heterocycles. The highest BCUT2D eigenvalue weighted by atomic mass is 35.5. The second-order valence-corrected chi connectivity index (χ2v) is 11.1. The highest BCUT2D eigenvalue weighted by Crippen LogP contribution is 2.27. The Balaban J connectivity index is 1.59. The summed E-state index contributed by atoms with van der Waals surface area (Å²) in [6.07, 6.45) is -0.370. The van der Waals surface area contributed by atoms with Gasteiger partial charge in [-0.15, -0.1) is 0 Å². The molecule has 0 saturated heterocycles. The molecule has 0 radical (unpaired) electrons. The highest BCUT2D eigenvalue weighted by molar-refractivity contribution is 6.30. The van der Waals surface area contributed by atoms with Gasteiger partial charge in [0.25, 0.3) is 5.91 Å². The molecular formula is C30H37ClN6O6. The number of aromatic nitrogens is 1. The summed E-state index contributed by atoms with van der Waals surface area (Å²) in [6.45, 7) is 8.04. The van der Waals surface area contributed by atoms with Crippen LogP contribution in [-0.4, -0.2) is 78.9 Å². The zero-order chi connectivity index (χ0) is 31.3. The van der Waals surface area contributed by atoms with Crippen LogP contribution in [0.25, 0.3) is 0 Å². The number of ether oxygens (including phenoxy) is 2. The molecule has 43 heavy (non-hydrogen) atoms. The average Bonchev–Trinajstić information content (AvgIpc) is 3.29. The monoisotopic (exact) mass is 612 g/mol. The first kappa shape index (κ1) is 31.6. The van der Waals surface area contributed by atoms with Crippen molar-refractivity contribution in [2.24, 2.45) is 5.92 Å². The van der Waals surface area contributed by atoms with Crippen LogP contribution >= 0.6 is 11.6 Å². The summed E-state index contributed by atoms with van der Waals surface area (Å²) in [5.41, 5.74) is 2.31. The van der Waals surface area contributed by atoms with E-state index < -0.39 is 6.03 Å². The number of rotatable bonds is 4. The standard InChI is InChI=1S/C30H37ClN6O6/c1-17-14-37(30(40)34-27-19(3)35-43-20(27)4)18(2)16-42-25-12-11-23(13-24(25)28(38)36(5)15-26(17)41-6)33-29(39)32-22-9-7-21(31)8-10-22/h7-13,17-18,26H,14-16H2,1-6H3,(H,34,40)(H2,32,33,39)/t17-,18-,26-/m0/s1. The summed E-state index contributed by atoms with van der Waals surface area (Å²) >= 11 is 5.92. The lowest BCUT2D eigenvalue weighted by Crippen LogP contribution is -2.50. The van der Waals surface area contributed by atoms with Crippen LogP contribution in [0.4, 0.5) is 26.7 Å². The predicted molar refractivity (Wildman–Crippen MR) is 164 cm³/mol. The Morgan fingerprint density at radius 3 is 2.35 bits per heavy atom. The van der Waals surface area contributed by atoms with E-state index in [4.69, 9.17) is 25.6 Å². The first-order valence-corrected chi connectivity index (χ1v) is 14.2. The lowest BCUT2D eigenvalue weighted by Gasteiger charge is -2.36. The Morgan fingerprint density at radius 2 is 1.70 bits per heavy atom. The molecule has 13 heteroatoms. The molecule has 3 N–H and O–H groups in total. The Kier molecular flexibility index (Phi) is 10.1. The van der Waals surface area contributed by atoms with Crippen molar-refractivity contribution in [3.05, 3.63) is 64.5 Å². The van der Waals surface area contributed by atoms with Crippen molar-refractivity contribution in [2.45, 2.75) is 39.8 Å². The molecule has 230 valence electrons. The number of fused-ring (bicyclic) bond motifs is 1. The first-order chi connectivity index (χ1) is 20.5. The number of likely N-dealkylation sites (N-methyl/N-ethyl adjacent to an activating group) is 1. The second kappa shape index (κ2) is 13.8. The van der Waals surface area contributed by atoms with Crippen LogP contribution in [0.1, 0.15) is 35.7 Å². The van der Waals surface area contributed by atoms with Crippen molar-refractivity contribution in [3.8, 4) is 5.75 Å². The maximum Gasteiger partial charge on any atom is 0.323 e. The smallest absolute Gasteiger partial charge is 0.323 e. The molecule has 0 spiro atoms. The van der Waals surface area contributed by atoms with Gasteiger partial charge in [-0.1, -0.05) is 23.7 Å². The van der Waals surface area contributed by atoms with Crippen LogP contribution in [0.15, 0.2) is 47.0 Å². The van der Waals surface area contributed by atoms with Gasteiger partial charge in [0.05, 0.1) is 17.7 Å². The summed E-state index contributed by atoms with van der Waals surface area (Å²) in [4.78, 5) is 43.0. The van der Waals surface area contributed by atoms with Gasteiger partial charge in [-0.25, -0.2) is 9.59 Å². The largest absolute Gasteiger partial charge is 0.491 e. The second-order valence-electron chi connectivity index (χ2n) is 10.7. The Labute approximate surface area is 255 Å². The zero-order valence-electron chi connectivity index (χ0n) is 25.1. The van der Waals surface area contributed by atoms with Crippen molar-refractivity contribution in [3.63, 3.8) is 0 Å². The van der Waals surface area contributed by atoms with E-state index >= 15 is 0 Å². The van der Waals surface area contributed by atoms with Crippen LogP contribution in [0, 0.1) is 19.8 Å². The van der Waals surface area contributed by atoms with Crippen molar-refractivity contribution >= 4 is 46.6 Å². The van der Waals surface area contributed by atoms with Gasteiger partial charge in [0.15, 0.2) is 5.76 Å². The third-order valence-electron chi connectivity index (χ3n) is 7.33. The molecule has 1 aliphatic rings. The van der Waals surface area contributed by atoms with Crippen LogP contribution in [0.2, 0.25) is 5.02 Å². The third-order valence-corrected chi connectivity index (χ3v) is 7.58. The lowest BCUT2D eigenvalue weighted by molar-refractivity contribution is 0.0174. The van der Waals surface area contributed by atoms with Gasteiger partial charge < -0.3 is 39.7 Å². The van der Waals surface area contributed by atoms with E-state index in [0.29, 0.717) is 45.8 Å². The summed E-state index contributed by atoms with van der Waals surface area (Å²) in [7, 11) is 3.26. The summed E-state index contributed by atoms with van der Waals surface area (Å²) in [5.74, 6) is 0.391. The predicted octanol–water partition coefficient (Wildman–Crippen LogP) is 5.63. The zero-order valence-corrected chi connectivity index (χ0v) is 25.8. The van der Waals surface area contributed by atoms with E-state index in [-0.39, 0.29) is 48.7 Å². The maximum absolute atomic E-state index is 13.6. The number of carbonyl (C=O) groups excluding carboxylic acids is 3. The number of urea groups is 2. The molecule has 3 atom stereocenters. The van der Waals surface area contributed by atoms with Gasteiger partial charge in [0.1, 0.15) is 23.7 Å². The molecule has 0 aliphatic carbocycles. The van der Waals surface area contributed by atoms with Gasteiger partial charge >= 0.3 is 12.1 Å². The number of nitrogens with one attached hydrogen (secondary N) is 3. The van der Waals surface area contributed by atoms with Crippen LogP contribution in [-0.2, 0) is 4.74 Å². The normalized spacial score (nSPS) is 19.4. The van der Waals surface area contributed by atoms with E-state index in [1.165, 1.54) is 0 Å². The van der Waals surface area contributed by atoms with Crippen molar-refractivity contribution < 1.29 is 28.4 Å². The first-order valence-electron chi connectivity index (χ1n) is 13.9. The number of hydrogen-bond acceptors (Lipinski definition) is 7. The van der Waals surface area contributed by atoms with Crippen molar-refractivity contribution in [1.29, 1.82) is 0 Å². The van der Waals surface area contributed by atoms with E-state index in [1.54, 1.807) is 80.3 Å². The van der Waals surface area contributed by atoms with Gasteiger partial charge in [-0.3, -0.25) is 4.79 Å². The summed E-state index contributed by atoms with van der Waals surface area (Å²) in [5, 5.41) is 12.9. The molecule has 0 bridgehead atoms. The molecule has 3 aromatic rings. The summed E-state index contributed by atoms with van der Waals surface area (Å²) < 4.78 is 17.1. The van der Waals surface area contributed by atoms with Crippen molar-refractivity contribution in [2.75, 3.05) is 49.8 Å². The van der Waals surface area contributed by atoms with Crippen LogP contribution < -0.4 is 20.7 Å². The van der Waals surface area contributed by atoms with E-state index in [9.17, 15) is 14.4 Å². The van der Waals surface area contributed by atoms with Gasteiger partial charge in [0, 0.05) is 49.6 Å². The van der Waals surface area contributed by atoms with Crippen molar-refractivity contribution in [1.82, 2.24) is 15.0 Å². The Hall–Kier alpha value is -4.29. The minimum Gasteiger partial charge on any atom is -0.491 e. The molecule has 5 amide bonds. The van der Waals surface area contributed by atoms with Crippen LogP contribution in [0.5, 0.6) is 5.75 Å². The minimum absolute atomic E-state index is 0.104. The van der Waals surface area contributed by atoms with Gasteiger partial charge in [0.2, 0.25) is 0 Å². The van der Waals surface area contributed by atoms with Gasteiger partial charge in [-0.05, 0) is 63.2 Å². The molecule has 1 aromatic heterocycles. The van der Waals surface area contributed by atoms with E-state index in [2.05, 4.69) is 21.1 Å². The Morgan fingerprint density at radius 1 is 1.02 bits per heavy atom. The van der Waals surface area contributed by atoms with E-state index in [1.807, 2.05) is 13.8 Å². The maximum atomic E-state index is 13.6. The number of hydrogen-bond donors (Lipinski definition) is 3. The number of nitrogens with zero attached hydrogens (tertiary/aromatic N) is 3. The Bertz CT molecular complexity index is 1440. The minimum atomic E-state index is -0.487. The number of amides is 5. The number of halogens is 1. The number of benzene rings is 2. The fraction of sp³-hybridized carbons (Fsp3) is 0.400. The fourth-order valence-electron chi connectivity index (χ4n) is 4.80. The quantitative estimate of drug-likeness (QED) is 0.347. The molecule has 4 rings (SSSR count). The lowest BCUT2D eigenvalue weighted by atomic mass is 10.0. The average molecular weight is 613 g/mol. The molecule has 12 nitrogen and oxygen atoms in total. The number of anilines is 3. The molecule has 1 aliphatic heterocycles. The molecule has 0 fully saturated rings. The molecular weight excluding hydrogens is 576 g/mol. The molecule has 0 unspecified atom stereocenters.